The van der Waals surface area contributed by atoms with Gasteiger partial charge in [0.05, 0.1) is 12.7 Å². The van der Waals surface area contributed by atoms with E-state index in [-0.39, 0.29) is 5.57 Å². The van der Waals surface area contributed by atoms with Crippen molar-refractivity contribution in [3.05, 3.63) is 58.4 Å². The van der Waals surface area contributed by atoms with Crippen LogP contribution in [0.2, 0.25) is 5.02 Å². The summed E-state index contributed by atoms with van der Waals surface area (Å²) in [6.07, 6.45) is 4.46. The number of imide groups is 1. The molecule has 0 aliphatic heterocycles. The molecule has 1 aromatic heterocycles. The summed E-state index contributed by atoms with van der Waals surface area (Å²) >= 11 is 6.08. The Hall–Kier alpha value is -3.11. The van der Waals surface area contributed by atoms with Crippen molar-refractivity contribution in [3.8, 4) is 6.07 Å². The second kappa shape index (κ2) is 7.24. The van der Waals surface area contributed by atoms with E-state index < -0.39 is 11.9 Å². The lowest BCUT2D eigenvalue weighted by molar-refractivity contribution is -0.115. The largest absolute Gasteiger partial charge is 0.351 e. The number of halogens is 1. The third-order valence-corrected chi connectivity index (χ3v) is 3.22. The summed E-state index contributed by atoms with van der Waals surface area (Å²) in [6, 6.07) is 8.04. The fourth-order valence-electron chi connectivity index (χ4n) is 1.84. The van der Waals surface area contributed by atoms with Gasteiger partial charge in [0, 0.05) is 16.8 Å². The molecule has 23 heavy (non-hydrogen) atoms. The lowest BCUT2D eigenvalue weighted by atomic mass is 10.2. The smallest absolute Gasteiger partial charge is 0.319 e. The van der Waals surface area contributed by atoms with E-state index in [0.717, 1.165) is 5.56 Å². The summed E-state index contributed by atoms with van der Waals surface area (Å²) < 4.78 is 1.62. The average Bonchev–Trinajstić information content (AvgIpc) is 2.93. The van der Waals surface area contributed by atoms with Gasteiger partial charge in [0.15, 0.2) is 0 Å². The molecule has 0 atom stereocenters. The van der Waals surface area contributed by atoms with Crippen molar-refractivity contribution in [1.82, 2.24) is 15.1 Å². The first kappa shape index (κ1) is 16.3. The van der Waals surface area contributed by atoms with Gasteiger partial charge in [-0.1, -0.05) is 29.8 Å². The number of rotatable bonds is 4. The van der Waals surface area contributed by atoms with E-state index in [0.29, 0.717) is 17.1 Å². The van der Waals surface area contributed by atoms with E-state index in [9.17, 15) is 9.59 Å². The number of urea groups is 1. The van der Waals surface area contributed by atoms with Crippen LogP contribution in [-0.4, -0.2) is 21.7 Å². The van der Waals surface area contributed by atoms with Gasteiger partial charge in [0.2, 0.25) is 0 Å². The summed E-state index contributed by atoms with van der Waals surface area (Å²) in [6.45, 7) is 0.447. The van der Waals surface area contributed by atoms with E-state index in [1.54, 1.807) is 23.0 Å². The van der Waals surface area contributed by atoms with Gasteiger partial charge >= 0.3 is 6.03 Å². The molecule has 0 bridgehead atoms. The summed E-state index contributed by atoms with van der Waals surface area (Å²) in [4.78, 5) is 22.2. The molecule has 0 spiro atoms. The maximum Gasteiger partial charge on any atom is 0.319 e. The lowest BCUT2D eigenvalue weighted by Crippen LogP contribution is -2.35. The van der Waals surface area contributed by atoms with Crippen molar-refractivity contribution >= 4 is 29.6 Å². The first-order valence-corrected chi connectivity index (χ1v) is 6.86. The Kier molecular flexibility index (Phi) is 5.12. The fraction of sp³-hybridized carbons (Fsp3) is 0.0667. The molecule has 0 unspecified atom stereocenters. The number of nitriles is 1. The quantitative estimate of drug-likeness (QED) is 0.656. The van der Waals surface area contributed by atoms with Crippen LogP contribution in [0.25, 0.3) is 6.08 Å². The van der Waals surface area contributed by atoms with E-state index in [1.165, 1.54) is 12.3 Å². The highest BCUT2D eigenvalue weighted by Gasteiger charge is 2.11. The van der Waals surface area contributed by atoms with Gasteiger partial charge in [-0.05, 0) is 17.7 Å². The van der Waals surface area contributed by atoms with E-state index in [1.807, 2.05) is 23.5 Å². The predicted molar refractivity (Wildman–Crippen MR) is 84.1 cm³/mol. The molecule has 7 nitrogen and oxygen atoms in total. The van der Waals surface area contributed by atoms with Crippen LogP contribution in [0.4, 0.5) is 4.79 Å². The lowest BCUT2D eigenvalue weighted by Gasteiger charge is -2.03. The number of primary amides is 1. The molecule has 3 amide bonds. The Balaban J connectivity index is 2.17. The highest BCUT2D eigenvalue weighted by molar-refractivity contribution is 6.31. The fourth-order valence-corrected chi connectivity index (χ4v) is 2.03. The van der Waals surface area contributed by atoms with Crippen LogP contribution in [0.15, 0.2) is 42.2 Å². The molecule has 0 saturated heterocycles. The zero-order valence-electron chi connectivity index (χ0n) is 11.9. The van der Waals surface area contributed by atoms with Crippen LogP contribution < -0.4 is 11.1 Å². The molecule has 1 heterocycles. The van der Waals surface area contributed by atoms with Gasteiger partial charge in [-0.2, -0.15) is 10.4 Å². The molecule has 3 N–H and O–H groups in total. The maximum atomic E-state index is 11.6. The topological polar surface area (TPSA) is 114 Å². The number of hydrogen-bond acceptors (Lipinski definition) is 4. The Morgan fingerprint density at radius 1 is 1.43 bits per heavy atom. The first-order chi connectivity index (χ1) is 11.0. The zero-order valence-corrected chi connectivity index (χ0v) is 12.6. The molecule has 1 aromatic carbocycles. The van der Waals surface area contributed by atoms with E-state index in [2.05, 4.69) is 5.10 Å². The highest BCUT2D eigenvalue weighted by Crippen LogP contribution is 2.16. The number of nitrogens with zero attached hydrogens (tertiary/aromatic N) is 3. The molecule has 2 rings (SSSR count). The van der Waals surface area contributed by atoms with Gasteiger partial charge < -0.3 is 5.73 Å². The van der Waals surface area contributed by atoms with Crippen molar-refractivity contribution in [3.63, 3.8) is 0 Å². The summed E-state index contributed by atoms with van der Waals surface area (Å²) in [7, 11) is 0. The molecule has 0 aliphatic carbocycles. The van der Waals surface area contributed by atoms with Crippen molar-refractivity contribution < 1.29 is 9.59 Å². The van der Waals surface area contributed by atoms with Gasteiger partial charge in [-0.15, -0.1) is 0 Å². The number of nitrogens with two attached hydrogens (primary N) is 1. The molecule has 0 radical (unpaired) electrons. The molecule has 0 fully saturated rings. The number of carbonyl (C=O) groups excluding carboxylic acids is 2. The van der Waals surface area contributed by atoms with E-state index in [4.69, 9.17) is 22.6 Å². The number of amides is 3. The van der Waals surface area contributed by atoms with Gasteiger partial charge in [-0.25, -0.2) is 4.79 Å². The van der Waals surface area contributed by atoms with E-state index >= 15 is 0 Å². The van der Waals surface area contributed by atoms with Crippen LogP contribution in [-0.2, 0) is 11.3 Å². The average molecular weight is 330 g/mol. The van der Waals surface area contributed by atoms with Crippen LogP contribution in [0.1, 0.15) is 11.1 Å². The second-order valence-corrected chi connectivity index (χ2v) is 4.96. The maximum absolute atomic E-state index is 11.6. The van der Waals surface area contributed by atoms with Crippen molar-refractivity contribution in [2.45, 2.75) is 6.54 Å². The van der Waals surface area contributed by atoms with Crippen LogP contribution in [0.3, 0.4) is 0 Å². The van der Waals surface area contributed by atoms with Gasteiger partial charge in [0.1, 0.15) is 11.6 Å². The normalized spacial score (nSPS) is 10.9. The predicted octanol–water partition coefficient (Wildman–Crippen LogP) is 1.69. The minimum absolute atomic E-state index is 0.249. The first-order valence-electron chi connectivity index (χ1n) is 6.48. The molecular weight excluding hydrogens is 318 g/mol. The van der Waals surface area contributed by atoms with Crippen LogP contribution in [0, 0.1) is 11.3 Å². The Morgan fingerprint density at radius 2 is 2.17 bits per heavy atom. The molecule has 116 valence electrons. The van der Waals surface area contributed by atoms with Crippen molar-refractivity contribution in [2.24, 2.45) is 5.73 Å². The van der Waals surface area contributed by atoms with Gasteiger partial charge in [0.25, 0.3) is 5.91 Å². The van der Waals surface area contributed by atoms with Crippen molar-refractivity contribution in [1.29, 1.82) is 5.26 Å². The molecule has 0 saturated carbocycles. The summed E-state index contributed by atoms with van der Waals surface area (Å²) in [5.41, 5.74) is 6.02. The SMILES string of the molecule is N#CC(=Cc1cnn(Cc2ccccc2Cl)c1)C(=O)NC(N)=O. The number of carbonyl (C=O) groups is 2. The summed E-state index contributed by atoms with van der Waals surface area (Å²) in [5, 5.41) is 15.6. The zero-order chi connectivity index (χ0) is 16.8. The minimum atomic E-state index is -1.02. The Bertz CT molecular complexity index is 819. The molecule has 2 aromatic rings. The number of benzene rings is 1. The van der Waals surface area contributed by atoms with Crippen molar-refractivity contribution in [2.75, 3.05) is 0 Å². The van der Waals surface area contributed by atoms with Crippen LogP contribution in [0.5, 0.6) is 0 Å². The molecule has 8 heteroatoms. The number of aromatic nitrogens is 2. The Labute approximate surface area is 137 Å². The third kappa shape index (κ3) is 4.43. The highest BCUT2D eigenvalue weighted by atomic mass is 35.5. The standard InChI is InChI=1S/C15H12ClN5O2/c16-13-4-2-1-3-11(13)9-21-8-10(7-19-21)5-12(6-17)14(22)20-15(18)23/h1-5,7-8H,9H2,(H3,18,20,22,23). The van der Waals surface area contributed by atoms with Gasteiger partial charge in [-0.3, -0.25) is 14.8 Å². The summed E-state index contributed by atoms with van der Waals surface area (Å²) in [5.74, 6) is -0.862. The number of nitrogens with one attached hydrogen (secondary N) is 1. The minimum Gasteiger partial charge on any atom is -0.351 e. The molecule has 0 aliphatic rings. The second-order valence-electron chi connectivity index (χ2n) is 4.55. The Morgan fingerprint density at radius 3 is 2.83 bits per heavy atom. The number of hydrogen-bond donors (Lipinski definition) is 2. The monoisotopic (exact) mass is 329 g/mol. The van der Waals surface area contributed by atoms with Crippen LogP contribution >= 0.6 is 11.6 Å². The third-order valence-electron chi connectivity index (χ3n) is 2.86. The molecular formula is C15H12ClN5O2.